The maximum atomic E-state index is 14.1. The summed E-state index contributed by atoms with van der Waals surface area (Å²) in [6.07, 6.45) is 1.80. The summed E-state index contributed by atoms with van der Waals surface area (Å²) in [6.45, 7) is 2.59. The highest BCUT2D eigenvalue weighted by Gasteiger charge is 2.24. The topological polar surface area (TPSA) is 59.6 Å². The molecule has 2 atom stereocenters. The van der Waals surface area contributed by atoms with Gasteiger partial charge in [0.2, 0.25) is 5.91 Å². The van der Waals surface area contributed by atoms with Gasteiger partial charge in [0.05, 0.1) is 26.3 Å². The Balaban J connectivity index is 2.14. The Hall–Kier alpha value is -1.82. The third-order valence-electron chi connectivity index (χ3n) is 3.70. The van der Waals surface area contributed by atoms with Crippen molar-refractivity contribution in [3.63, 3.8) is 0 Å². The summed E-state index contributed by atoms with van der Waals surface area (Å²) in [7, 11) is 2.94. The van der Waals surface area contributed by atoms with Gasteiger partial charge in [0, 0.05) is 11.6 Å². The fourth-order valence-corrected chi connectivity index (χ4v) is 2.50. The van der Waals surface area contributed by atoms with Crippen molar-refractivity contribution in [2.45, 2.75) is 31.8 Å². The van der Waals surface area contributed by atoms with Crippen LogP contribution in [-0.2, 0) is 4.79 Å². The average Bonchev–Trinajstić information content (AvgIpc) is 3.00. The van der Waals surface area contributed by atoms with Crippen LogP contribution in [0.3, 0.4) is 0 Å². The molecule has 1 amide bonds. The molecule has 1 fully saturated rings. The first-order chi connectivity index (χ1) is 10.1. The highest BCUT2D eigenvalue weighted by Crippen LogP contribution is 2.32. The van der Waals surface area contributed by atoms with Crippen LogP contribution in [0.5, 0.6) is 11.5 Å². The Bertz CT molecular complexity index is 516. The summed E-state index contributed by atoms with van der Waals surface area (Å²) < 4.78 is 24.4. The van der Waals surface area contributed by atoms with E-state index >= 15 is 0 Å². The van der Waals surface area contributed by atoms with Crippen molar-refractivity contribution in [3.05, 3.63) is 23.5 Å². The SMILES string of the molecule is COc1cc(F)c(C(C)NC(=O)C2CCCN2)cc1OC. The summed E-state index contributed by atoms with van der Waals surface area (Å²) in [6, 6.07) is 2.20. The molecule has 0 aromatic heterocycles. The molecule has 21 heavy (non-hydrogen) atoms. The number of hydrogen-bond acceptors (Lipinski definition) is 4. The highest BCUT2D eigenvalue weighted by atomic mass is 19.1. The maximum absolute atomic E-state index is 14.1. The monoisotopic (exact) mass is 296 g/mol. The number of carbonyl (C=O) groups excluding carboxylic acids is 1. The highest BCUT2D eigenvalue weighted by molar-refractivity contribution is 5.82. The largest absolute Gasteiger partial charge is 0.493 e. The fraction of sp³-hybridized carbons (Fsp3) is 0.533. The Morgan fingerprint density at radius 2 is 2.05 bits per heavy atom. The molecule has 6 heteroatoms. The van der Waals surface area contributed by atoms with Gasteiger partial charge in [-0.2, -0.15) is 0 Å². The molecule has 1 heterocycles. The number of carbonyl (C=O) groups is 1. The molecule has 1 aromatic carbocycles. The van der Waals surface area contributed by atoms with Gasteiger partial charge >= 0.3 is 0 Å². The van der Waals surface area contributed by atoms with E-state index < -0.39 is 11.9 Å². The predicted molar refractivity (Wildman–Crippen MR) is 77.1 cm³/mol. The minimum absolute atomic E-state index is 0.103. The standard InChI is InChI=1S/C15H21FN2O3/c1-9(18-15(19)12-5-4-6-17-12)10-7-13(20-2)14(21-3)8-11(10)16/h7-9,12,17H,4-6H2,1-3H3,(H,18,19). The molecule has 2 rings (SSSR count). The van der Waals surface area contributed by atoms with Crippen LogP contribution in [0, 0.1) is 5.82 Å². The lowest BCUT2D eigenvalue weighted by atomic mass is 10.1. The van der Waals surface area contributed by atoms with Crippen molar-refractivity contribution in [1.82, 2.24) is 10.6 Å². The molecule has 0 aliphatic carbocycles. The first-order valence-electron chi connectivity index (χ1n) is 7.02. The summed E-state index contributed by atoms with van der Waals surface area (Å²) in [5, 5.41) is 5.95. The van der Waals surface area contributed by atoms with E-state index in [4.69, 9.17) is 9.47 Å². The van der Waals surface area contributed by atoms with Crippen LogP contribution in [-0.4, -0.2) is 32.7 Å². The summed E-state index contributed by atoms with van der Waals surface area (Å²) in [5.41, 5.74) is 0.374. The van der Waals surface area contributed by atoms with E-state index in [1.807, 2.05) is 0 Å². The van der Waals surface area contributed by atoms with E-state index in [0.29, 0.717) is 17.1 Å². The third-order valence-corrected chi connectivity index (χ3v) is 3.70. The van der Waals surface area contributed by atoms with Crippen LogP contribution in [0.2, 0.25) is 0 Å². The van der Waals surface area contributed by atoms with Crippen LogP contribution in [0.4, 0.5) is 4.39 Å². The first kappa shape index (κ1) is 15.6. The molecule has 2 N–H and O–H groups in total. The second kappa shape index (κ2) is 6.76. The Labute approximate surface area is 123 Å². The number of nitrogens with one attached hydrogen (secondary N) is 2. The zero-order valence-electron chi connectivity index (χ0n) is 12.5. The zero-order chi connectivity index (χ0) is 15.4. The van der Waals surface area contributed by atoms with E-state index in [9.17, 15) is 9.18 Å². The Morgan fingerprint density at radius 1 is 1.38 bits per heavy atom. The van der Waals surface area contributed by atoms with E-state index in [2.05, 4.69) is 10.6 Å². The van der Waals surface area contributed by atoms with Crippen molar-refractivity contribution < 1.29 is 18.7 Å². The molecule has 2 unspecified atom stereocenters. The molecule has 1 aliphatic heterocycles. The van der Waals surface area contributed by atoms with Gasteiger partial charge in [0.25, 0.3) is 0 Å². The van der Waals surface area contributed by atoms with Crippen LogP contribution < -0.4 is 20.1 Å². The molecule has 1 aromatic rings. The lowest BCUT2D eigenvalue weighted by molar-refractivity contribution is -0.123. The van der Waals surface area contributed by atoms with Crippen molar-refractivity contribution in [2.24, 2.45) is 0 Å². The minimum Gasteiger partial charge on any atom is -0.493 e. The van der Waals surface area contributed by atoms with Crippen molar-refractivity contribution in [1.29, 1.82) is 0 Å². The summed E-state index contributed by atoms with van der Waals surface area (Å²) in [4.78, 5) is 12.1. The van der Waals surface area contributed by atoms with Crippen molar-refractivity contribution >= 4 is 5.91 Å². The van der Waals surface area contributed by atoms with Gasteiger partial charge in [-0.1, -0.05) is 0 Å². The number of ether oxygens (including phenoxy) is 2. The predicted octanol–water partition coefficient (Wildman–Crippen LogP) is 1.77. The van der Waals surface area contributed by atoms with Gasteiger partial charge < -0.3 is 20.1 Å². The Kier molecular flexibility index (Phi) is 5.01. The zero-order valence-corrected chi connectivity index (χ0v) is 12.5. The number of hydrogen-bond donors (Lipinski definition) is 2. The molecule has 5 nitrogen and oxygen atoms in total. The third kappa shape index (κ3) is 3.44. The molecule has 0 radical (unpaired) electrons. The van der Waals surface area contributed by atoms with E-state index in [1.165, 1.54) is 20.3 Å². The number of methoxy groups -OCH3 is 2. The van der Waals surface area contributed by atoms with E-state index in [0.717, 1.165) is 19.4 Å². The smallest absolute Gasteiger partial charge is 0.237 e. The van der Waals surface area contributed by atoms with Gasteiger partial charge in [0.15, 0.2) is 11.5 Å². The van der Waals surface area contributed by atoms with Crippen LogP contribution >= 0.6 is 0 Å². The maximum Gasteiger partial charge on any atom is 0.237 e. The second-order valence-corrected chi connectivity index (χ2v) is 5.11. The van der Waals surface area contributed by atoms with Gasteiger partial charge in [-0.15, -0.1) is 0 Å². The fourth-order valence-electron chi connectivity index (χ4n) is 2.50. The summed E-state index contributed by atoms with van der Waals surface area (Å²) in [5.74, 6) is 0.234. The molecule has 116 valence electrons. The van der Waals surface area contributed by atoms with Crippen LogP contribution in [0.25, 0.3) is 0 Å². The molecule has 1 saturated heterocycles. The van der Waals surface area contributed by atoms with Crippen molar-refractivity contribution in [2.75, 3.05) is 20.8 Å². The van der Waals surface area contributed by atoms with Gasteiger partial charge in [-0.05, 0) is 32.4 Å². The molecule has 1 aliphatic rings. The molecule has 0 saturated carbocycles. The average molecular weight is 296 g/mol. The van der Waals surface area contributed by atoms with Gasteiger partial charge in [-0.3, -0.25) is 4.79 Å². The quantitative estimate of drug-likeness (QED) is 0.869. The Morgan fingerprint density at radius 3 is 2.62 bits per heavy atom. The molecule has 0 bridgehead atoms. The van der Waals surface area contributed by atoms with Crippen molar-refractivity contribution in [3.8, 4) is 11.5 Å². The lowest BCUT2D eigenvalue weighted by Gasteiger charge is -2.19. The first-order valence-corrected chi connectivity index (χ1v) is 7.02. The van der Waals surface area contributed by atoms with Gasteiger partial charge in [-0.25, -0.2) is 4.39 Å². The lowest BCUT2D eigenvalue weighted by Crippen LogP contribution is -2.41. The van der Waals surface area contributed by atoms with Gasteiger partial charge in [0.1, 0.15) is 5.82 Å². The second-order valence-electron chi connectivity index (χ2n) is 5.11. The van der Waals surface area contributed by atoms with E-state index in [-0.39, 0.29) is 11.9 Å². The number of halogens is 1. The molecular weight excluding hydrogens is 275 g/mol. The number of rotatable bonds is 5. The minimum atomic E-state index is -0.445. The van der Waals surface area contributed by atoms with Crippen LogP contribution in [0.15, 0.2) is 12.1 Å². The molecule has 0 spiro atoms. The number of amides is 1. The number of benzene rings is 1. The summed E-state index contributed by atoms with van der Waals surface area (Å²) >= 11 is 0. The normalized spacial score (nSPS) is 19.1. The molecular formula is C15H21FN2O3. The van der Waals surface area contributed by atoms with E-state index in [1.54, 1.807) is 13.0 Å². The van der Waals surface area contributed by atoms with Crippen LogP contribution in [0.1, 0.15) is 31.4 Å².